The molecule has 6 nitrogen and oxygen atoms in total. The van der Waals surface area contributed by atoms with Gasteiger partial charge in [0.2, 0.25) is 15.9 Å². The molecule has 0 saturated heterocycles. The van der Waals surface area contributed by atoms with Gasteiger partial charge in [-0.05, 0) is 24.6 Å². The summed E-state index contributed by atoms with van der Waals surface area (Å²) in [5.74, 6) is -0.00255. The van der Waals surface area contributed by atoms with Crippen molar-refractivity contribution in [2.45, 2.75) is 13.5 Å². The third-order valence-electron chi connectivity index (χ3n) is 3.61. The molecule has 0 fully saturated rings. The van der Waals surface area contributed by atoms with E-state index in [1.807, 2.05) is 31.2 Å². The number of ether oxygens (including phenoxy) is 1. The fourth-order valence-corrected chi connectivity index (χ4v) is 3.29. The van der Waals surface area contributed by atoms with Crippen molar-refractivity contribution in [3.8, 4) is 5.75 Å². The minimum Gasteiger partial charge on any atom is -0.495 e. The molecule has 134 valence electrons. The molecule has 0 aromatic heterocycles. The SMILES string of the molecule is COc1ccccc1N(CC(=O)NCc1cccc(C)c1)S(C)(=O)=O. The van der Waals surface area contributed by atoms with Crippen LogP contribution in [0, 0.1) is 6.92 Å². The number of rotatable bonds is 7. The Morgan fingerprint density at radius 3 is 2.52 bits per heavy atom. The van der Waals surface area contributed by atoms with E-state index >= 15 is 0 Å². The second kappa shape index (κ2) is 8.02. The van der Waals surface area contributed by atoms with E-state index < -0.39 is 15.9 Å². The molecular formula is C18H22N2O4S. The molecule has 2 rings (SSSR count). The van der Waals surface area contributed by atoms with Gasteiger partial charge in [-0.2, -0.15) is 0 Å². The van der Waals surface area contributed by atoms with Gasteiger partial charge in [0.15, 0.2) is 0 Å². The van der Waals surface area contributed by atoms with Gasteiger partial charge in [0.1, 0.15) is 12.3 Å². The lowest BCUT2D eigenvalue weighted by Gasteiger charge is -2.23. The summed E-state index contributed by atoms with van der Waals surface area (Å²) in [5, 5.41) is 2.75. The third kappa shape index (κ3) is 5.22. The molecule has 0 saturated carbocycles. The van der Waals surface area contributed by atoms with E-state index in [0.717, 1.165) is 21.7 Å². The lowest BCUT2D eigenvalue weighted by Crippen LogP contribution is -2.40. The summed E-state index contributed by atoms with van der Waals surface area (Å²) in [6, 6.07) is 14.4. The first-order valence-corrected chi connectivity index (χ1v) is 9.59. The van der Waals surface area contributed by atoms with Crippen molar-refractivity contribution in [1.29, 1.82) is 0 Å². The Bertz CT molecular complexity index is 850. The zero-order valence-corrected chi connectivity index (χ0v) is 15.3. The first-order chi connectivity index (χ1) is 11.8. The number of para-hydroxylation sites is 2. The van der Waals surface area contributed by atoms with E-state index in [2.05, 4.69) is 5.32 Å². The molecule has 0 bridgehead atoms. The van der Waals surface area contributed by atoms with Gasteiger partial charge in [0.05, 0.1) is 19.1 Å². The Kier molecular flexibility index (Phi) is 6.03. The number of amides is 1. The number of sulfonamides is 1. The largest absolute Gasteiger partial charge is 0.495 e. The van der Waals surface area contributed by atoms with E-state index in [-0.39, 0.29) is 6.54 Å². The van der Waals surface area contributed by atoms with Crippen molar-refractivity contribution >= 4 is 21.6 Å². The zero-order valence-electron chi connectivity index (χ0n) is 14.5. The molecule has 25 heavy (non-hydrogen) atoms. The Morgan fingerprint density at radius 2 is 1.88 bits per heavy atom. The van der Waals surface area contributed by atoms with Crippen molar-refractivity contribution in [2.75, 3.05) is 24.2 Å². The summed E-state index contributed by atoms with van der Waals surface area (Å²) < 4.78 is 30.5. The molecule has 7 heteroatoms. The predicted octanol–water partition coefficient (Wildman–Crippen LogP) is 2.09. The van der Waals surface area contributed by atoms with Gasteiger partial charge < -0.3 is 10.1 Å². The summed E-state index contributed by atoms with van der Waals surface area (Å²) in [4.78, 5) is 12.3. The topological polar surface area (TPSA) is 75.7 Å². The fraction of sp³-hybridized carbons (Fsp3) is 0.278. The van der Waals surface area contributed by atoms with E-state index in [9.17, 15) is 13.2 Å². The summed E-state index contributed by atoms with van der Waals surface area (Å²) in [5.41, 5.74) is 2.38. The average molecular weight is 362 g/mol. The highest BCUT2D eigenvalue weighted by Crippen LogP contribution is 2.29. The van der Waals surface area contributed by atoms with Crippen LogP contribution in [0.3, 0.4) is 0 Å². The minimum atomic E-state index is -3.64. The quantitative estimate of drug-likeness (QED) is 0.818. The van der Waals surface area contributed by atoms with Crippen LogP contribution in [0.5, 0.6) is 5.75 Å². The second-order valence-electron chi connectivity index (χ2n) is 5.71. The Labute approximate surface area is 148 Å². The van der Waals surface area contributed by atoms with Crippen molar-refractivity contribution in [2.24, 2.45) is 0 Å². The van der Waals surface area contributed by atoms with Crippen LogP contribution in [0.15, 0.2) is 48.5 Å². The molecule has 2 aromatic carbocycles. The van der Waals surface area contributed by atoms with E-state index in [0.29, 0.717) is 18.0 Å². The van der Waals surface area contributed by atoms with Crippen LogP contribution < -0.4 is 14.4 Å². The number of aryl methyl sites for hydroxylation is 1. The number of anilines is 1. The number of benzene rings is 2. The maximum Gasteiger partial charge on any atom is 0.241 e. The maximum atomic E-state index is 12.3. The minimum absolute atomic E-state index is 0.314. The molecule has 0 spiro atoms. The van der Waals surface area contributed by atoms with Crippen molar-refractivity contribution in [1.82, 2.24) is 5.32 Å². The summed E-state index contributed by atoms with van der Waals surface area (Å²) in [7, 11) is -2.19. The molecule has 1 N–H and O–H groups in total. The number of methoxy groups -OCH3 is 1. The van der Waals surface area contributed by atoms with Gasteiger partial charge in [-0.25, -0.2) is 8.42 Å². The second-order valence-corrected chi connectivity index (χ2v) is 7.61. The monoisotopic (exact) mass is 362 g/mol. The molecule has 0 heterocycles. The summed E-state index contributed by atoms with van der Waals surface area (Å²) >= 11 is 0. The molecule has 1 amide bonds. The molecule has 2 aromatic rings. The Balaban J connectivity index is 2.13. The lowest BCUT2D eigenvalue weighted by atomic mass is 10.1. The summed E-state index contributed by atoms with van der Waals surface area (Å²) in [6.45, 7) is 1.99. The molecule has 0 aliphatic carbocycles. The third-order valence-corrected chi connectivity index (χ3v) is 4.74. The standard InChI is InChI=1S/C18H22N2O4S/c1-14-7-6-8-15(11-14)12-19-18(21)13-20(25(3,22)23)16-9-4-5-10-17(16)24-2/h4-11H,12-13H2,1-3H3,(H,19,21). The summed E-state index contributed by atoms with van der Waals surface area (Å²) in [6.07, 6.45) is 1.06. The van der Waals surface area contributed by atoms with E-state index in [4.69, 9.17) is 4.74 Å². The molecule has 0 aliphatic rings. The van der Waals surface area contributed by atoms with Crippen LogP contribution in [-0.4, -0.2) is 34.2 Å². The molecule has 0 atom stereocenters. The van der Waals surface area contributed by atoms with E-state index in [1.165, 1.54) is 7.11 Å². The normalized spacial score (nSPS) is 11.0. The van der Waals surface area contributed by atoms with Crippen LogP contribution in [0.1, 0.15) is 11.1 Å². The van der Waals surface area contributed by atoms with Gasteiger partial charge >= 0.3 is 0 Å². The van der Waals surface area contributed by atoms with Gasteiger partial charge in [0.25, 0.3) is 0 Å². The number of hydrogen-bond acceptors (Lipinski definition) is 4. The number of nitrogens with zero attached hydrogens (tertiary/aromatic N) is 1. The van der Waals surface area contributed by atoms with Crippen LogP contribution in [0.25, 0.3) is 0 Å². The zero-order chi connectivity index (χ0) is 18.4. The smallest absolute Gasteiger partial charge is 0.241 e. The van der Waals surface area contributed by atoms with Crippen molar-refractivity contribution in [3.05, 3.63) is 59.7 Å². The number of hydrogen-bond donors (Lipinski definition) is 1. The number of carbonyl (C=O) groups excluding carboxylic acids is 1. The number of carbonyl (C=O) groups is 1. The highest BCUT2D eigenvalue weighted by Gasteiger charge is 2.23. The van der Waals surface area contributed by atoms with Crippen molar-refractivity contribution in [3.63, 3.8) is 0 Å². The highest BCUT2D eigenvalue weighted by atomic mass is 32.2. The van der Waals surface area contributed by atoms with Crippen LogP contribution in [-0.2, 0) is 21.4 Å². The van der Waals surface area contributed by atoms with Crippen LogP contribution in [0.2, 0.25) is 0 Å². The molecule has 0 unspecified atom stereocenters. The van der Waals surface area contributed by atoms with Crippen molar-refractivity contribution < 1.29 is 17.9 Å². The van der Waals surface area contributed by atoms with Gasteiger partial charge in [0, 0.05) is 6.54 Å². The van der Waals surface area contributed by atoms with Crippen LogP contribution >= 0.6 is 0 Å². The first kappa shape index (κ1) is 18.8. The Hall–Kier alpha value is -2.54. The van der Waals surface area contributed by atoms with Gasteiger partial charge in [-0.1, -0.05) is 42.0 Å². The predicted molar refractivity (Wildman–Crippen MR) is 98.2 cm³/mol. The van der Waals surface area contributed by atoms with Gasteiger partial charge in [-0.3, -0.25) is 9.10 Å². The fourth-order valence-electron chi connectivity index (χ4n) is 2.43. The molecular weight excluding hydrogens is 340 g/mol. The number of nitrogens with one attached hydrogen (secondary N) is 1. The lowest BCUT2D eigenvalue weighted by molar-refractivity contribution is -0.119. The molecule has 0 aliphatic heterocycles. The maximum absolute atomic E-state index is 12.3. The molecule has 0 radical (unpaired) electrons. The van der Waals surface area contributed by atoms with Crippen LogP contribution in [0.4, 0.5) is 5.69 Å². The Morgan fingerprint density at radius 1 is 1.16 bits per heavy atom. The first-order valence-electron chi connectivity index (χ1n) is 7.74. The van der Waals surface area contributed by atoms with E-state index in [1.54, 1.807) is 24.3 Å². The average Bonchev–Trinajstić information content (AvgIpc) is 2.57. The highest BCUT2D eigenvalue weighted by molar-refractivity contribution is 7.92. The van der Waals surface area contributed by atoms with Gasteiger partial charge in [-0.15, -0.1) is 0 Å².